The van der Waals surface area contributed by atoms with Crippen LogP contribution >= 0.6 is 0 Å². The van der Waals surface area contributed by atoms with Crippen LogP contribution in [0.4, 0.5) is 14.6 Å². The van der Waals surface area contributed by atoms with Crippen molar-refractivity contribution in [2.45, 2.75) is 57.2 Å². The van der Waals surface area contributed by atoms with Gasteiger partial charge in [-0.25, -0.2) is 8.78 Å². The lowest BCUT2D eigenvalue weighted by molar-refractivity contribution is 0.170. The van der Waals surface area contributed by atoms with Crippen LogP contribution in [0, 0.1) is 11.6 Å². The highest BCUT2D eigenvalue weighted by Gasteiger charge is 2.42. The molecule has 2 bridgehead atoms. The first kappa shape index (κ1) is 18.7. The van der Waals surface area contributed by atoms with Crippen molar-refractivity contribution in [3.63, 3.8) is 0 Å². The number of fused-ring (bicyclic) bond motifs is 3. The first-order chi connectivity index (χ1) is 14.9. The minimum atomic E-state index is -0.969. The summed E-state index contributed by atoms with van der Waals surface area (Å²) in [7, 11) is 0. The van der Waals surface area contributed by atoms with Gasteiger partial charge in [0.15, 0.2) is 5.82 Å². The van der Waals surface area contributed by atoms with Crippen molar-refractivity contribution in [1.82, 2.24) is 20.2 Å². The lowest BCUT2D eigenvalue weighted by Gasteiger charge is -2.40. The van der Waals surface area contributed by atoms with E-state index < -0.39 is 17.7 Å². The fourth-order valence-corrected chi connectivity index (χ4v) is 5.35. The van der Waals surface area contributed by atoms with E-state index in [4.69, 9.17) is 6.11 Å². The quantitative estimate of drug-likeness (QED) is 0.805. The number of aromatic nitrogens is 2. The van der Waals surface area contributed by atoms with E-state index in [0.29, 0.717) is 36.9 Å². The fraction of sp³-hybridized carbons (Fsp3) is 0.636. The number of anilines is 1. The fourth-order valence-electron chi connectivity index (χ4n) is 5.35. The Morgan fingerprint density at radius 3 is 3.03 bits per heavy atom. The Kier molecular flexibility index (Phi) is 4.71. The molecule has 3 saturated heterocycles. The van der Waals surface area contributed by atoms with Crippen LogP contribution in [-0.4, -0.2) is 65.3 Å². The van der Waals surface area contributed by atoms with E-state index in [2.05, 4.69) is 38.9 Å². The largest absolute Gasteiger partial charge is 0.462 e. The maximum Gasteiger partial charge on any atom is 0.319 e. The van der Waals surface area contributed by atoms with Gasteiger partial charge >= 0.3 is 6.01 Å². The number of halogens is 2. The molecule has 2 aromatic rings. The third-order valence-electron chi connectivity index (χ3n) is 6.80. The second-order valence-corrected chi connectivity index (χ2v) is 9.08. The van der Waals surface area contributed by atoms with Crippen LogP contribution in [0.5, 0.6) is 6.01 Å². The molecule has 3 fully saturated rings. The Morgan fingerprint density at radius 1 is 1.37 bits per heavy atom. The van der Waals surface area contributed by atoms with Crippen LogP contribution in [0.1, 0.15) is 40.9 Å². The van der Waals surface area contributed by atoms with E-state index in [0.717, 1.165) is 38.8 Å². The Morgan fingerprint density at radius 2 is 2.23 bits per heavy atom. The summed E-state index contributed by atoms with van der Waals surface area (Å²) >= 11 is 0. The summed E-state index contributed by atoms with van der Waals surface area (Å²) in [6.07, 6.45) is 4.28. The van der Waals surface area contributed by atoms with Crippen molar-refractivity contribution in [3.8, 4) is 6.01 Å². The van der Waals surface area contributed by atoms with Crippen molar-refractivity contribution in [3.05, 3.63) is 23.7 Å². The zero-order valence-corrected chi connectivity index (χ0v) is 17.5. The molecular weight excluding hydrogens is 388 g/mol. The number of likely N-dealkylation sites (N-methyl/N-ethyl adjacent to an activating group) is 1. The standard InChI is InChI=1S/C22H29F2N5O/c1-3-28-8-4-5-16(28)12-30-21-25-19-17(9-14(23)10-18(19)24)20(26-21)29-11-15-6-7-22(2,13-29)27-15/h9-10,15-16,27H,3-8,11-13H2,1-2H3/t15-,16+,22+/m1/s1/i10D. The van der Waals surface area contributed by atoms with Gasteiger partial charge in [-0.15, -0.1) is 0 Å². The molecule has 4 heterocycles. The highest BCUT2D eigenvalue weighted by molar-refractivity contribution is 5.90. The SMILES string of the molecule is [2H]c1c(F)cc2c(N3C[C@H]4CC[C@@](C)(C3)N4)nc(OC[C@@H]3CCCN3CC)nc2c1F. The number of ether oxygens (including phenoxy) is 1. The molecule has 162 valence electrons. The number of nitrogens with zero attached hydrogens (tertiary/aromatic N) is 4. The monoisotopic (exact) mass is 418 g/mol. The summed E-state index contributed by atoms with van der Waals surface area (Å²) in [6, 6.07) is 1.10. The predicted molar refractivity (Wildman–Crippen MR) is 112 cm³/mol. The van der Waals surface area contributed by atoms with Gasteiger partial charge in [0.25, 0.3) is 0 Å². The number of rotatable bonds is 5. The van der Waals surface area contributed by atoms with Gasteiger partial charge < -0.3 is 15.0 Å². The van der Waals surface area contributed by atoms with Gasteiger partial charge in [-0.2, -0.15) is 9.97 Å². The lowest BCUT2D eigenvalue weighted by Crippen LogP contribution is -2.58. The number of benzene rings is 1. The topological polar surface area (TPSA) is 53.5 Å². The molecule has 1 aromatic carbocycles. The second-order valence-electron chi connectivity index (χ2n) is 9.08. The molecule has 6 nitrogen and oxygen atoms in total. The van der Waals surface area contributed by atoms with Crippen molar-refractivity contribution in [1.29, 1.82) is 0 Å². The summed E-state index contributed by atoms with van der Waals surface area (Å²) < 4.78 is 42.8. The van der Waals surface area contributed by atoms with Gasteiger partial charge in [-0.1, -0.05) is 6.92 Å². The van der Waals surface area contributed by atoms with E-state index in [-0.39, 0.29) is 23.1 Å². The van der Waals surface area contributed by atoms with Gasteiger partial charge in [0.2, 0.25) is 0 Å². The molecule has 30 heavy (non-hydrogen) atoms. The Hall–Kier alpha value is -2.06. The summed E-state index contributed by atoms with van der Waals surface area (Å²) in [5.41, 5.74) is -0.111. The van der Waals surface area contributed by atoms with E-state index in [1.54, 1.807) is 0 Å². The highest BCUT2D eigenvalue weighted by atomic mass is 19.1. The smallest absolute Gasteiger partial charge is 0.319 e. The molecule has 0 aliphatic carbocycles. The van der Waals surface area contributed by atoms with E-state index in [1.165, 1.54) is 6.07 Å². The van der Waals surface area contributed by atoms with E-state index >= 15 is 0 Å². The lowest BCUT2D eigenvalue weighted by atomic mass is 10.00. The molecule has 0 amide bonds. The van der Waals surface area contributed by atoms with Crippen molar-refractivity contribution in [2.24, 2.45) is 0 Å². The number of likely N-dealkylation sites (tertiary alicyclic amines) is 1. The van der Waals surface area contributed by atoms with Gasteiger partial charge in [0.1, 0.15) is 23.8 Å². The molecule has 0 spiro atoms. The van der Waals surface area contributed by atoms with Crippen LogP contribution in [0.2, 0.25) is 0 Å². The average Bonchev–Trinajstić information content (AvgIpc) is 3.32. The predicted octanol–water partition coefficient (Wildman–Crippen LogP) is 3.10. The zero-order chi connectivity index (χ0) is 21.8. The minimum absolute atomic E-state index is 0.0544. The van der Waals surface area contributed by atoms with Crippen LogP contribution in [0.3, 0.4) is 0 Å². The number of piperazine rings is 1. The number of hydrogen-bond acceptors (Lipinski definition) is 6. The van der Waals surface area contributed by atoms with Crippen molar-refractivity contribution >= 4 is 16.7 Å². The average molecular weight is 419 g/mol. The summed E-state index contributed by atoms with van der Waals surface area (Å²) in [5.74, 6) is -1.39. The molecular formula is C22H29F2N5O. The molecule has 0 radical (unpaired) electrons. The Balaban J connectivity index is 1.53. The summed E-state index contributed by atoms with van der Waals surface area (Å²) in [5, 5.41) is 3.93. The first-order valence-electron chi connectivity index (χ1n) is 11.4. The van der Waals surface area contributed by atoms with Gasteiger partial charge in [0.05, 0.1) is 1.37 Å². The highest BCUT2D eigenvalue weighted by Crippen LogP contribution is 2.35. The zero-order valence-electron chi connectivity index (χ0n) is 18.5. The van der Waals surface area contributed by atoms with E-state index in [1.807, 2.05) is 0 Å². The molecule has 1 N–H and O–H groups in total. The van der Waals surface area contributed by atoms with Crippen LogP contribution < -0.4 is 15.0 Å². The molecule has 5 rings (SSSR count). The van der Waals surface area contributed by atoms with Gasteiger partial charge in [-0.3, -0.25) is 4.90 Å². The Labute approximate surface area is 177 Å². The van der Waals surface area contributed by atoms with Crippen LogP contribution in [0.15, 0.2) is 12.1 Å². The molecule has 3 aliphatic heterocycles. The van der Waals surface area contributed by atoms with Crippen molar-refractivity contribution < 1.29 is 14.9 Å². The second kappa shape index (κ2) is 7.57. The normalized spacial score (nSPS) is 29.6. The molecule has 3 atom stereocenters. The van der Waals surface area contributed by atoms with Crippen LogP contribution in [0.25, 0.3) is 10.9 Å². The maximum absolute atomic E-state index is 14.9. The molecule has 0 unspecified atom stereocenters. The van der Waals surface area contributed by atoms with E-state index in [9.17, 15) is 8.78 Å². The van der Waals surface area contributed by atoms with Crippen LogP contribution in [-0.2, 0) is 0 Å². The molecule has 0 saturated carbocycles. The van der Waals surface area contributed by atoms with Gasteiger partial charge in [-0.05, 0) is 51.8 Å². The number of nitrogens with one attached hydrogen (secondary N) is 1. The third-order valence-corrected chi connectivity index (χ3v) is 6.80. The number of hydrogen-bond donors (Lipinski definition) is 1. The summed E-state index contributed by atoms with van der Waals surface area (Å²) in [4.78, 5) is 13.3. The Bertz CT molecular complexity index is 1010. The first-order valence-corrected chi connectivity index (χ1v) is 10.9. The summed E-state index contributed by atoms with van der Waals surface area (Å²) in [6.45, 7) is 8.12. The minimum Gasteiger partial charge on any atom is -0.462 e. The maximum atomic E-state index is 14.9. The molecule has 1 aromatic heterocycles. The van der Waals surface area contributed by atoms with Crippen molar-refractivity contribution in [2.75, 3.05) is 37.7 Å². The van der Waals surface area contributed by atoms with Gasteiger partial charge in [0, 0.05) is 42.1 Å². The third kappa shape index (κ3) is 3.60. The molecule has 8 heteroatoms. The molecule has 3 aliphatic rings.